The molecule has 0 fully saturated rings. The number of anilines is 2. The van der Waals surface area contributed by atoms with Gasteiger partial charge in [-0.15, -0.1) is 0 Å². The van der Waals surface area contributed by atoms with E-state index in [1.807, 2.05) is 0 Å². The highest BCUT2D eigenvalue weighted by Gasteiger charge is 2.32. The number of hydrogen-bond donors (Lipinski definition) is 1. The van der Waals surface area contributed by atoms with Crippen molar-refractivity contribution in [3.05, 3.63) is 94.8 Å². The second-order valence-electron chi connectivity index (χ2n) is 8.30. The molecule has 202 valence electrons. The maximum absolute atomic E-state index is 14.9. The van der Waals surface area contributed by atoms with Crippen molar-refractivity contribution >= 4 is 33.4 Å². The van der Waals surface area contributed by atoms with Gasteiger partial charge in [0.1, 0.15) is 11.4 Å². The van der Waals surface area contributed by atoms with E-state index in [0.29, 0.717) is 16.3 Å². The summed E-state index contributed by atoms with van der Waals surface area (Å²) in [6, 6.07) is 11.3. The first-order valence-electron chi connectivity index (χ1n) is 11.4. The fourth-order valence-corrected chi connectivity index (χ4v) is 4.65. The molecule has 0 aliphatic carbocycles. The molecule has 1 amide bonds. The Balaban J connectivity index is 1.77. The third-order valence-electron chi connectivity index (χ3n) is 5.27. The molecule has 3 rings (SSSR count). The molecule has 0 radical (unpaired) electrons. The summed E-state index contributed by atoms with van der Waals surface area (Å²) in [4.78, 5) is 15.9. The molecular weight excluding hydrogens is 529 g/mol. The maximum atomic E-state index is 14.9. The van der Waals surface area contributed by atoms with Crippen LogP contribution in [0.1, 0.15) is 35.9 Å². The summed E-state index contributed by atoms with van der Waals surface area (Å²) in [6.45, 7) is 1.48. The zero-order valence-electron chi connectivity index (χ0n) is 20.4. The highest BCUT2D eigenvalue weighted by molar-refractivity contribution is 7.92. The summed E-state index contributed by atoms with van der Waals surface area (Å²) in [5.41, 5.74) is -1.24. The molecular formula is C26H24F5N3O3S. The normalized spacial score (nSPS) is 12.1. The van der Waals surface area contributed by atoms with Crippen LogP contribution in [0.3, 0.4) is 0 Å². The molecule has 0 aliphatic heterocycles. The first-order valence-corrected chi connectivity index (χ1v) is 13.2. The Hall–Kier alpha value is -3.80. The van der Waals surface area contributed by atoms with Crippen molar-refractivity contribution in [2.24, 2.45) is 0 Å². The van der Waals surface area contributed by atoms with Gasteiger partial charge >= 0.3 is 6.18 Å². The van der Waals surface area contributed by atoms with Crippen LogP contribution in [0.2, 0.25) is 0 Å². The Bertz CT molecular complexity index is 1420. The number of sulfonamides is 1. The number of para-hydroxylation sites is 1. The zero-order valence-corrected chi connectivity index (χ0v) is 21.2. The van der Waals surface area contributed by atoms with Crippen molar-refractivity contribution in [1.29, 1.82) is 0 Å². The molecule has 0 spiro atoms. The predicted octanol–water partition coefficient (Wildman–Crippen LogP) is 5.76. The summed E-state index contributed by atoms with van der Waals surface area (Å²) in [6.07, 6.45) is -0.592. The van der Waals surface area contributed by atoms with E-state index in [-0.39, 0.29) is 29.9 Å². The molecule has 0 saturated heterocycles. The van der Waals surface area contributed by atoms with Crippen LogP contribution in [0, 0.1) is 11.6 Å². The van der Waals surface area contributed by atoms with Crippen LogP contribution < -0.4 is 9.62 Å². The van der Waals surface area contributed by atoms with Gasteiger partial charge in [0.2, 0.25) is 15.9 Å². The third kappa shape index (κ3) is 7.15. The van der Waals surface area contributed by atoms with Gasteiger partial charge < -0.3 is 5.32 Å². The van der Waals surface area contributed by atoms with E-state index in [1.165, 1.54) is 36.4 Å². The van der Waals surface area contributed by atoms with Gasteiger partial charge in [0.25, 0.3) is 0 Å². The third-order valence-corrected chi connectivity index (χ3v) is 6.33. The fraction of sp³-hybridized carbons (Fsp3) is 0.231. The lowest BCUT2D eigenvalue weighted by atomic mass is 10.1. The lowest BCUT2D eigenvalue weighted by Gasteiger charge is -2.23. The lowest BCUT2D eigenvalue weighted by Crippen LogP contribution is -2.27. The Morgan fingerprint density at radius 2 is 1.68 bits per heavy atom. The van der Waals surface area contributed by atoms with Gasteiger partial charge in [-0.1, -0.05) is 37.6 Å². The molecule has 6 nitrogen and oxygen atoms in total. The summed E-state index contributed by atoms with van der Waals surface area (Å²) < 4.78 is 94.0. The van der Waals surface area contributed by atoms with E-state index in [9.17, 15) is 35.2 Å². The smallest absolute Gasteiger partial charge is 0.348 e. The van der Waals surface area contributed by atoms with Crippen LogP contribution in [-0.4, -0.2) is 25.6 Å². The van der Waals surface area contributed by atoms with Gasteiger partial charge in [0.05, 0.1) is 11.9 Å². The summed E-state index contributed by atoms with van der Waals surface area (Å²) >= 11 is 0. The molecule has 38 heavy (non-hydrogen) atoms. The number of amides is 1. The number of halogens is 5. The van der Waals surface area contributed by atoms with Crippen molar-refractivity contribution in [2.75, 3.05) is 10.6 Å². The van der Waals surface area contributed by atoms with Crippen LogP contribution in [0.5, 0.6) is 0 Å². The molecule has 1 N–H and O–H groups in total. The number of pyridine rings is 1. The Morgan fingerprint density at radius 3 is 2.24 bits per heavy atom. The summed E-state index contributed by atoms with van der Waals surface area (Å²) in [5, 5.41) is 2.43. The van der Waals surface area contributed by atoms with Gasteiger partial charge in [-0.2, -0.15) is 13.2 Å². The standard InChI is InChI=1S/C26H24F5N3O3S/c1-3-7-22-18(10-12-23(33-22)26(29,30)31)11-13-24(35)32-16-17-14-20(27)25(21(28)15-17)34(38(2,36)37)19-8-5-4-6-9-19/h4-6,8-15H,3,7,16H2,1-2H3,(H,32,35)/b13-11-. The van der Waals surface area contributed by atoms with Crippen molar-refractivity contribution in [3.8, 4) is 0 Å². The largest absolute Gasteiger partial charge is 0.433 e. The van der Waals surface area contributed by atoms with Gasteiger partial charge in [-0.05, 0) is 54.0 Å². The number of rotatable bonds is 9. The minimum Gasteiger partial charge on any atom is -0.348 e. The number of nitrogens with one attached hydrogen (secondary N) is 1. The van der Waals surface area contributed by atoms with Gasteiger partial charge in [-0.25, -0.2) is 26.5 Å². The minimum absolute atomic E-state index is 0.0230. The first kappa shape index (κ1) is 28.8. The number of aromatic nitrogens is 1. The average molecular weight is 554 g/mol. The average Bonchev–Trinajstić information content (AvgIpc) is 2.83. The number of benzene rings is 2. The van der Waals surface area contributed by atoms with Crippen LogP contribution in [-0.2, 0) is 34.0 Å². The van der Waals surface area contributed by atoms with Crippen molar-refractivity contribution in [2.45, 2.75) is 32.5 Å². The molecule has 0 unspecified atom stereocenters. The first-order chi connectivity index (χ1) is 17.8. The Kier molecular flexibility index (Phi) is 8.87. The number of aryl methyl sites for hydroxylation is 1. The highest BCUT2D eigenvalue weighted by Crippen LogP contribution is 2.33. The van der Waals surface area contributed by atoms with E-state index in [4.69, 9.17) is 0 Å². The molecule has 1 aromatic heterocycles. The van der Waals surface area contributed by atoms with Gasteiger partial charge in [0.15, 0.2) is 11.6 Å². The molecule has 0 atom stereocenters. The van der Waals surface area contributed by atoms with E-state index in [1.54, 1.807) is 13.0 Å². The summed E-state index contributed by atoms with van der Waals surface area (Å²) in [5.74, 6) is -2.97. The van der Waals surface area contributed by atoms with E-state index < -0.39 is 45.1 Å². The highest BCUT2D eigenvalue weighted by atomic mass is 32.2. The number of hydrogen-bond acceptors (Lipinski definition) is 4. The number of nitrogens with zero attached hydrogens (tertiary/aromatic N) is 2. The molecule has 0 saturated carbocycles. The Morgan fingerprint density at radius 1 is 1.05 bits per heavy atom. The number of alkyl halides is 3. The molecule has 12 heteroatoms. The van der Waals surface area contributed by atoms with Crippen LogP contribution in [0.15, 0.2) is 60.7 Å². The molecule has 1 heterocycles. The Labute approximate surface area is 216 Å². The van der Waals surface area contributed by atoms with Crippen molar-refractivity contribution in [3.63, 3.8) is 0 Å². The van der Waals surface area contributed by atoms with Crippen LogP contribution >= 0.6 is 0 Å². The van der Waals surface area contributed by atoms with Crippen LogP contribution in [0.4, 0.5) is 33.3 Å². The molecule has 0 bridgehead atoms. The lowest BCUT2D eigenvalue weighted by molar-refractivity contribution is -0.141. The topological polar surface area (TPSA) is 79.4 Å². The fourth-order valence-electron chi connectivity index (χ4n) is 3.64. The summed E-state index contributed by atoms with van der Waals surface area (Å²) in [7, 11) is -4.10. The minimum atomic E-state index is -4.60. The number of carbonyl (C=O) groups excluding carboxylic acids is 1. The van der Waals surface area contributed by atoms with Crippen molar-refractivity contribution in [1.82, 2.24) is 10.3 Å². The molecule has 2 aromatic carbocycles. The van der Waals surface area contributed by atoms with E-state index in [0.717, 1.165) is 30.5 Å². The second kappa shape index (κ2) is 11.7. The molecule has 0 aliphatic rings. The number of carbonyl (C=O) groups is 1. The quantitative estimate of drug-likeness (QED) is 0.270. The zero-order chi connectivity index (χ0) is 28.1. The molecule has 3 aromatic rings. The predicted molar refractivity (Wildman–Crippen MR) is 134 cm³/mol. The van der Waals surface area contributed by atoms with Crippen molar-refractivity contribution < 1.29 is 35.2 Å². The van der Waals surface area contributed by atoms with E-state index >= 15 is 0 Å². The van der Waals surface area contributed by atoms with Gasteiger partial charge in [-0.3, -0.25) is 4.79 Å². The SMILES string of the molecule is CCCc1nc(C(F)(F)F)ccc1/C=C\C(=O)NCc1cc(F)c(N(c2ccccc2)S(C)(=O)=O)c(F)c1. The van der Waals surface area contributed by atoms with Crippen LogP contribution in [0.25, 0.3) is 6.08 Å². The van der Waals surface area contributed by atoms with E-state index in [2.05, 4.69) is 10.3 Å². The van der Waals surface area contributed by atoms with Gasteiger partial charge in [0, 0.05) is 18.3 Å². The maximum Gasteiger partial charge on any atom is 0.433 e. The second-order valence-corrected chi connectivity index (χ2v) is 10.1. The monoisotopic (exact) mass is 553 g/mol.